The SMILES string of the molecule is CC1=CC(=O)NC2CCCC12. The molecule has 2 heteroatoms. The highest BCUT2D eigenvalue weighted by Gasteiger charge is 2.32. The van der Waals surface area contributed by atoms with Gasteiger partial charge in [-0.1, -0.05) is 12.0 Å². The highest BCUT2D eigenvalue weighted by molar-refractivity contribution is 5.89. The maximum atomic E-state index is 11.0. The van der Waals surface area contributed by atoms with Crippen LogP contribution in [0.25, 0.3) is 0 Å². The van der Waals surface area contributed by atoms with Crippen molar-refractivity contribution in [1.82, 2.24) is 5.32 Å². The van der Waals surface area contributed by atoms with Gasteiger partial charge in [-0.05, 0) is 19.8 Å². The number of hydrogen-bond donors (Lipinski definition) is 1. The molecular weight excluding hydrogens is 138 g/mol. The standard InChI is InChI=1S/C9H13NO/c1-6-5-9(11)10-8-4-2-3-7(6)8/h5,7-8H,2-4H2,1H3,(H,10,11). The summed E-state index contributed by atoms with van der Waals surface area (Å²) in [5.74, 6) is 0.748. The van der Waals surface area contributed by atoms with Gasteiger partial charge in [0.25, 0.3) is 0 Å². The largest absolute Gasteiger partial charge is 0.349 e. The molecule has 1 amide bonds. The fraction of sp³-hybridized carbons (Fsp3) is 0.667. The molecule has 2 rings (SSSR count). The Balaban J connectivity index is 2.25. The summed E-state index contributed by atoms with van der Waals surface area (Å²) in [5, 5.41) is 2.99. The molecule has 1 aliphatic carbocycles. The molecule has 1 N–H and O–H groups in total. The number of fused-ring (bicyclic) bond motifs is 1. The van der Waals surface area contributed by atoms with Crippen LogP contribution in [0.1, 0.15) is 26.2 Å². The van der Waals surface area contributed by atoms with E-state index < -0.39 is 0 Å². The minimum Gasteiger partial charge on any atom is -0.349 e. The van der Waals surface area contributed by atoms with Crippen LogP contribution >= 0.6 is 0 Å². The maximum absolute atomic E-state index is 11.0. The molecule has 0 spiro atoms. The fourth-order valence-corrected chi connectivity index (χ4v) is 2.22. The predicted molar refractivity (Wildman–Crippen MR) is 43.0 cm³/mol. The van der Waals surface area contributed by atoms with E-state index in [-0.39, 0.29) is 5.91 Å². The lowest BCUT2D eigenvalue weighted by molar-refractivity contribution is -0.117. The van der Waals surface area contributed by atoms with Crippen molar-refractivity contribution in [3.05, 3.63) is 11.6 Å². The number of rotatable bonds is 0. The summed E-state index contributed by atoms with van der Waals surface area (Å²) in [4.78, 5) is 11.0. The summed E-state index contributed by atoms with van der Waals surface area (Å²) in [5.41, 5.74) is 1.27. The lowest BCUT2D eigenvalue weighted by atomic mass is 9.92. The minimum absolute atomic E-state index is 0.102. The molecule has 0 aromatic heterocycles. The molecule has 1 saturated carbocycles. The van der Waals surface area contributed by atoms with Gasteiger partial charge < -0.3 is 5.32 Å². The van der Waals surface area contributed by atoms with Gasteiger partial charge in [-0.25, -0.2) is 0 Å². The predicted octanol–water partition coefficient (Wildman–Crippen LogP) is 1.23. The number of carbonyl (C=O) groups is 1. The van der Waals surface area contributed by atoms with Crippen molar-refractivity contribution in [2.45, 2.75) is 32.2 Å². The highest BCUT2D eigenvalue weighted by Crippen LogP contribution is 2.33. The molecule has 2 nitrogen and oxygen atoms in total. The first kappa shape index (κ1) is 6.89. The van der Waals surface area contributed by atoms with Crippen LogP contribution in [0, 0.1) is 5.92 Å². The van der Waals surface area contributed by atoms with E-state index in [1.54, 1.807) is 6.08 Å². The van der Waals surface area contributed by atoms with E-state index in [4.69, 9.17) is 0 Å². The second-order valence-electron chi connectivity index (χ2n) is 3.54. The number of hydrogen-bond acceptors (Lipinski definition) is 1. The Morgan fingerprint density at radius 2 is 2.36 bits per heavy atom. The van der Waals surface area contributed by atoms with Gasteiger partial charge in [0.1, 0.15) is 0 Å². The zero-order chi connectivity index (χ0) is 7.84. The van der Waals surface area contributed by atoms with E-state index in [1.807, 2.05) is 0 Å². The highest BCUT2D eigenvalue weighted by atomic mass is 16.1. The molecule has 0 saturated heterocycles. The quantitative estimate of drug-likeness (QED) is 0.554. The molecular formula is C9H13NO. The van der Waals surface area contributed by atoms with E-state index in [0.717, 1.165) is 0 Å². The van der Waals surface area contributed by atoms with Gasteiger partial charge in [-0.2, -0.15) is 0 Å². The van der Waals surface area contributed by atoms with Crippen LogP contribution in [-0.4, -0.2) is 11.9 Å². The van der Waals surface area contributed by atoms with Gasteiger partial charge in [0.15, 0.2) is 0 Å². The Morgan fingerprint density at radius 1 is 1.55 bits per heavy atom. The van der Waals surface area contributed by atoms with Crippen molar-refractivity contribution in [3.63, 3.8) is 0 Å². The Bertz CT molecular complexity index is 220. The summed E-state index contributed by atoms with van der Waals surface area (Å²) in [7, 11) is 0. The number of amides is 1. The van der Waals surface area contributed by atoms with Gasteiger partial charge in [0.2, 0.25) is 5.91 Å². The third-order valence-electron chi connectivity index (χ3n) is 2.79. The van der Waals surface area contributed by atoms with Crippen molar-refractivity contribution in [2.75, 3.05) is 0 Å². The molecule has 0 radical (unpaired) electrons. The summed E-state index contributed by atoms with van der Waals surface area (Å²) < 4.78 is 0. The van der Waals surface area contributed by atoms with Crippen molar-refractivity contribution in [2.24, 2.45) is 5.92 Å². The molecule has 2 unspecified atom stereocenters. The Labute approximate surface area is 66.7 Å². The van der Waals surface area contributed by atoms with E-state index in [0.29, 0.717) is 12.0 Å². The van der Waals surface area contributed by atoms with E-state index in [9.17, 15) is 4.79 Å². The normalized spacial score (nSPS) is 36.1. The lowest BCUT2D eigenvalue weighted by Crippen LogP contribution is -2.40. The van der Waals surface area contributed by atoms with Gasteiger partial charge >= 0.3 is 0 Å². The number of carbonyl (C=O) groups excluding carboxylic acids is 1. The fourth-order valence-electron chi connectivity index (χ4n) is 2.22. The summed E-state index contributed by atoms with van der Waals surface area (Å²) in [6.45, 7) is 2.07. The summed E-state index contributed by atoms with van der Waals surface area (Å²) in [6.07, 6.45) is 5.43. The third-order valence-corrected chi connectivity index (χ3v) is 2.79. The van der Waals surface area contributed by atoms with Crippen molar-refractivity contribution >= 4 is 5.91 Å². The molecule has 0 aromatic carbocycles. The molecule has 1 heterocycles. The van der Waals surface area contributed by atoms with Gasteiger partial charge in [0, 0.05) is 18.0 Å². The van der Waals surface area contributed by atoms with Crippen LogP contribution in [0.2, 0.25) is 0 Å². The monoisotopic (exact) mass is 151 g/mol. The van der Waals surface area contributed by atoms with E-state index >= 15 is 0 Å². The first-order valence-corrected chi connectivity index (χ1v) is 4.26. The average Bonchev–Trinajstić information content (AvgIpc) is 2.34. The molecule has 0 aromatic rings. The second kappa shape index (κ2) is 2.36. The van der Waals surface area contributed by atoms with Crippen molar-refractivity contribution in [1.29, 1.82) is 0 Å². The van der Waals surface area contributed by atoms with Crippen LogP contribution in [-0.2, 0) is 4.79 Å². The second-order valence-corrected chi connectivity index (χ2v) is 3.54. The van der Waals surface area contributed by atoms with Crippen LogP contribution in [0.3, 0.4) is 0 Å². The first-order chi connectivity index (χ1) is 5.27. The molecule has 2 atom stereocenters. The number of nitrogens with one attached hydrogen (secondary N) is 1. The summed E-state index contributed by atoms with van der Waals surface area (Å²) in [6, 6.07) is 0.451. The first-order valence-electron chi connectivity index (χ1n) is 4.26. The smallest absolute Gasteiger partial charge is 0.244 e. The van der Waals surface area contributed by atoms with E-state index in [1.165, 1.54) is 24.8 Å². The van der Waals surface area contributed by atoms with Crippen LogP contribution in [0.4, 0.5) is 0 Å². The molecule has 2 aliphatic rings. The molecule has 1 aliphatic heterocycles. The van der Waals surface area contributed by atoms with Gasteiger partial charge in [-0.15, -0.1) is 0 Å². The summed E-state index contributed by atoms with van der Waals surface area (Å²) >= 11 is 0. The molecule has 60 valence electrons. The maximum Gasteiger partial charge on any atom is 0.244 e. The molecule has 1 fully saturated rings. The van der Waals surface area contributed by atoms with Crippen LogP contribution < -0.4 is 5.32 Å². The van der Waals surface area contributed by atoms with E-state index in [2.05, 4.69) is 12.2 Å². The lowest BCUT2D eigenvalue weighted by Gasteiger charge is -2.25. The van der Waals surface area contributed by atoms with Gasteiger partial charge in [0.05, 0.1) is 0 Å². The van der Waals surface area contributed by atoms with Crippen molar-refractivity contribution in [3.8, 4) is 0 Å². The zero-order valence-electron chi connectivity index (χ0n) is 6.76. The Kier molecular flexibility index (Phi) is 1.48. The topological polar surface area (TPSA) is 29.1 Å². The zero-order valence-corrected chi connectivity index (χ0v) is 6.76. The van der Waals surface area contributed by atoms with Gasteiger partial charge in [-0.3, -0.25) is 4.79 Å². The van der Waals surface area contributed by atoms with Crippen LogP contribution in [0.5, 0.6) is 0 Å². The van der Waals surface area contributed by atoms with Crippen LogP contribution in [0.15, 0.2) is 11.6 Å². The average molecular weight is 151 g/mol. The minimum atomic E-state index is 0.102. The third kappa shape index (κ3) is 1.06. The Morgan fingerprint density at radius 3 is 3.18 bits per heavy atom. The van der Waals surface area contributed by atoms with Crippen molar-refractivity contribution < 1.29 is 4.79 Å². The Hall–Kier alpha value is -0.790. The molecule has 0 bridgehead atoms. The molecule has 11 heavy (non-hydrogen) atoms.